The van der Waals surface area contributed by atoms with Crippen LogP contribution < -0.4 is 5.32 Å². The molecule has 2 heterocycles. The van der Waals surface area contributed by atoms with Gasteiger partial charge in [-0.1, -0.05) is 11.3 Å². The van der Waals surface area contributed by atoms with E-state index in [-0.39, 0.29) is 0 Å². The van der Waals surface area contributed by atoms with Gasteiger partial charge in [-0.05, 0) is 18.6 Å². The summed E-state index contributed by atoms with van der Waals surface area (Å²) in [6.07, 6.45) is 5.56. The number of thiazole rings is 1. The van der Waals surface area contributed by atoms with Crippen molar-refractivity contribution >= 4 is 16.5 Å². The lowest BCUT2D eigenvalue weighted by molar-refractivity contribution is 0.211. The molecule has 0 aliphatic carbocycles. The van der Waals surface area contributed by atoms with Crippen molar-refractivity contribution < 1.29 is 4.74 Å². The maximum atomic E-state index is 4.98. The van der Waals surface area contributed by atoms with E-state index in [0.29, 0.717) is 6.61 Å². The second-order valence-electron chi connectivity index (χ2n) is 3.64. The Kier molecular flexibility index (Phi) is 4.06. The predicted octanol–water partition coefficient (Wildman–Crippen LogP) is 2.57. The van der Waals surface area contributed by atoms with Gasteiger partial charge in [0, 0.05) is 37.8 Å². The van der Waals surface area contributed by atoms with Crippen LogP contribution in [0, 0.1) is 6.92 Å². The summed E-state index contributed by atoms with van der Waals surface area (Å²) in [7, 11) is 1.69. The first-order chi connectivity index (χ1) is 8.31. The molecule has 17 heavy (non-hydrogen) atoms. The molecule has 0 aliphatic rings. The lowest BCUT2D eigenvalue weighted by Crippen LogP contribution is -2.06. The Morgan fingerprint density at radius 1 is 1.41 bits per heavy atom. The standard InChI is InChI=1S/C12H15N3OS/c1-9-3-4-13-7-10(9)11-8-15-12(17-11)14-5-6-16-2/h3-4,7-8H,5-6H2,1-2H3,(H,14,15). The molecule has 1 N–H and O–H groups in total. The summed E-state index contributed by atoms with van der Waals surface area (Å²) in [5.74, 6) is 0. The van der Waals surface area contributed by atoms with Crippen molar-refractivity contribution in [3.63, 3.8) is 0 Å². The minimum Gasteiger partial charge on any atom is -0.383 e. The third kappa shape index (κ3) is 3.01. The van der Waals surface area contributed by atoms with Crippen LogP contribution in [-0.4, -0.2) is 30.2 Å². The van der Waals surface area contributed by atoms with Gasteiger partial charge < -0.3 is 10.1 Å². The van der Waals surface area contributed by atoms with Crippen molar-refractivity contribution in [2.75, 3.05) is 25.6 Å². The summed E-state index contributed by atoms with van der Waals surface area (Å²) in [5, 5.41) is 4.13. The number of anilines is 1. The molecule has 2 aromatic rings. The molecule has 0 aliphatic heterocycles. The monoisotopic (exact) mass is 249 g/mol. The Hall–Kier alpha value is -1.46. The van der Waals surface area contributed by atoms with Crippen molar-refractivity contribution in [3.8, 4) is 10.4 Å². The van der Waals surface area contributed by atoms with E-state index in [9.17, 15) is 0 Å². The van der Waals surface area contributed by atoms with Gasteiger partial charge in [0.05, 0.1) is 11.5 Å². The Bertz CT molecular complexity index is 484. The summed E-state index contributed by atoms with van der Waals surface area (Å²) in [4.78, 5) is 9.61. The Morgan fingerprint density at radius 3 is 3.06 bits per heavy atom. The molecule has 0 spiro atoms. The van der Waals surface area contributed by atoms with Crippen molar-refractivity contribution in [1.82, 2.24) is 9.97 Å². The summed E-state index contributed by atoms with van der Waals surface area (Å²) in [6, 6.07) is 2.01. The highest BCUT2D eigenvalue weighted by Crippen LogP contribution is 2.30. The second-order valence-corrected chi connectivity index (χ2v) is 4.67. The van der Waals surface area contributed by atoms with E-state index in [1.165, 1.54) is 5.56 Å². The molecule has 0 aromatic carbocycles. The van der Waals surface area contributed by atoms with Crippen molar-refractivity contribution in [2.24, 2.45) is 0 Å². The number of aromatic nitrogens is 2. The van der Waals surface area contributed by atoms with Gasteiger partial charge in [0.15, 0.2) is 5.13 Å². The molecule has 0 unspecified atom stereocenters. The zero-order valence-electron chi connectivity index (χ0n) is 9.93. The van der Waals surface area contributed by atoms with E-state index in [2.05, 4.69) is 22.2 Å². The number of methoxy groups -OCH3 is 1. The zero-order chi connectivity index (χ0) is 12.1. The summed E-state index contributed by atoms with van der Waals surface area (Å²) in [6.45, 7) is 3.53. The van der Waals surface area contributed by atoms with Crippen LogP contribution in [0.5, 0.6) is 0 Å². The van der Waals surface area contributed by atoms with Crippen molar-refractivity contribution in [3.05, 3.63) is 30.2 Å². The normalized spacial score (nSPS) is 10.5. The Balaban J connectivity index is 2.10. The number of rotatable bonds is 5. The Labute approximate surface area is 105 Å². The topological polar surface area (TPSA) is 47.0 Å². The van der Waals surface area contributed by atoms with Crippen LogP contribution in [0.3, 0.4) is 0 Å². The molecular formula is C12H15N3OS. The molecule has 2 aromatic heterocycles. The lowest BCUT2D eigenvalue weighted by atomic mass is 10.1. The highest BCUT2D eigenvalue weighted by Gasteiger charge is 2.06. The lowest BCUT2D eigenvalue weighted by Gasteiger charge is -2.01. The average Bonchev–Trinajstić information content (AvgIpc) is 2.79. The molecule has 2 rings (SSSR count). The maximum absolute atomic E-state index is 4.98. The van der Waals surface area contributed by atoms with Gasteiger partial charge in [-0.2, -0.15) is 0 Å². The van der Waals surface area contributed by atoms with E-state index >= 15 is 0 Å². The van der Waals surface area contributed by atoms with Crippen molar-refractivity contribution in [2.45, 2.75) is 6.92 Å². The van der Waals surface area contributed by atoms with Crippen LogP contribution >= 0.6 is 11.3 Å². The molecule has 0 saturated heterocycles. The molecule has 4 nitrogen and oxygen atoms in total. The van der Waals surface area contributed by atoms with Gasteiger partial charge in [-0.15, -0.1) is 0 Å². The number of pyridine rings is 1. The van der Waals surface area contributed by atoms with E-state index < -0.39 is 0 Å². The number of nitrogens with zero attached hydrogens (tertiary/aromatic N) is 2. The molecule has 0 radical (unpaired) electrons. The van der Waals surface area contributed by atoms with Gasteiger partial charge >= 0.3 is 0 Å². The van der Waals surface area contributed by atoms with Gasteiger partial charge in [-0.25, -0.2) is 4.98 Å². The molecular weight excluding hydrogens is 234 g/mol. The quantitative estimate of drug-likeness (QED) is 0.827. The SMILES string of the molecule is COCCNc1ncc(-c2cnccc2C)s1. The second kappa shape index (κ2) is 5.75. The molecule has 0 amide bonds. The third-order valence-corrected chi connectivity index (χ3v) is 3.38. The van der Waals surface area contributed by atoms with E-state index in [4.69, 9.17) is 4.74 Å². The third-order valence-electron chi connectivity index (χ3n) is 2.39. The maximum Gasteiger partial charge on any atom is 0.183 e. The number of ether oxygens (including phenoxy) is 1. The van der Waals surface area contributed by atoms with Crippen LogP contribution in [0.2, 0.25) is 0 Å². The van der Waals surface area contributed by atoms with Gasteiger partial charge in [0.25, 0.3) is 0 Å². The first kappa shape index (κ1) is 12.0. The highest BCUT2D eigenvalue weighted by atomic mass is 32.1. The Morgan fingerprint density at radius 2 is 2.29 bits per heavy atom. The van der Waals surface area contributed by atoms with E-state index in [1.807, 2.05) is 18.5 Å². The molecule has 5 heteroatoms. The van der Waals surface area contributed by atoms with Crippen molar-refractivity contribution in [1.29, 1.82) is 0 Å². The van der Waals surface area contributed by atoms with Crippen LogP contribution in [0.15, 0.2) is 24.7 Å². The van der Waals surface area contributed by atoms with Crippen LogP contribution in [0.4, 0.5) is 5.13 Å². The molecule has 90 valence electrons. The summed E-state index contributed by atoms with van der Waals surface area (Å²) >= 11 is 1.63. The number of hydrogen-bond donors (Lipinski definition) is 1. The fourth-order valence-electron chi connectivity index (χ4n) is 1.46. The summed E-state index contributed by atoms with van der Waals surface area (Å²) in [5.41, 5.74) is 2.36. The van der Waals surface area contributed by atoms with Gasteiger partial charge in [0.2, 0.25) is 0 Å². The zero-order valence-corrected chi connectivity index (χ0v) is 10.8. The fraction of sp³-hybridized carbons (Fsp3) is 0.333. The minimum atomic E-state index is 0.681. The van der Waals surface area contributed by atoms with Crippen LogP contribution in [0.1, 0.15) is 5.56 Å². The van der Waals surface area contributed by atoms with Gasteiger partial charge in [0.1, 0.15) is 0 Å². The molecule has 0 fully saturated rings. The smallest absolute Gasteiger partial charge is 0.183 e. The average molecular weight is 249 g/mol. The van der Waals surface area contributed by atoms with Crippen LogP contribution in [0.25, 0.3) is 10.4 Å². The van der Waals surface area contributed by atoms with Crippen LogP contribution in [-0.2, 0) is 4.74 Å². The number of aryl methyl sites for hydroxylation is 1. The minimum absolute atomic E-state index is 0.681. The van der Waals surface area contributed by atoms with Gasteiger partial charge in [-0.3, -0.25) is 4.98 Å². The summed E-state index contributed by atoms with van der Waals surface area (Å²) < 4.78 is 4.98. The number of hydrogen-bond acceptors (Lipinski definition) is 5. The molecule has 0 atom stereocenters. The van der Waals surface area contributed by atoms with E-state index in [0.717, 1.165) is 22.1 Å². The van der Waals surface area contributed by atoms with E-state index in [1.54, 1.807) is 24.6 Å². The molecule has 0 saturated carbocycles. The predicted molar refractivity (Wildman–Crippen MR) is 70.4 cm³/mol. The highest BCUT2D eigenvalue weighted by molar-refractivity contribution is 7.18. The first-order valence-corrected chi connectivity index (χ1v) is 6.22. The molecule has 0 bridgehead atoms. The number of nitrogens with one attached hydrogen (secondary N) is 1. The first-order valence-electron chi connectivity index (χ1n) is 5.41. The largest absolute Gasteiger partial charge is 0.383 e. The fourth-order valence-corrected chi connectivity index (χ4v) is 2.38.